The summed E-state index contributed by atoms with van der Waals surface area (Å²) in [7, 11) is 0. The lowest BCUT2D eigenvalue weighted by Gasteiger charge is -1.82. The molecule has 0 heterocycles. The Morgan fingerprint density at radius 2 is 1.12 bits per heavy atom. The molecule has 0 fully saturated rings. The molecule has 0 aliphatic heterocycles. The summed E-state index contributed by atoms with van der Waals surface area (Å²) in [5, 5.41) is 0. The fraction of sp³-hybridized carbons (Fsp3) is 1.00. The molecule has 0 spiro atoms. The summed E-state index contributed by atoms with van der Waals surface area (Å²) >= 11 is 15.3. The van der Waals surface area contributed by atoms with E-state index in [1.54, 1.807) is 0 Å². The molecular formula is C2H6Cl6. The van der Waals surface area contributed by atoms with Gasteiger partial charge in [-0.05, 0) is 0 Å². The number of hydrogen-bond donors (Lipinski definition) is 0. The predicted molar refractivity (Wildman–Crippen MR) is 48.0 cm³/mol. The van der Waals surface area contributed by atoms with Crippen LogP contribution in [0.3, 0.4) is 0 Å². The summed E-state index contributed by atoms with van der Waals surface area (Å²) in [5.41, 5.74) is 0. The molecule has 0 amide bonds. The molecule has 0 aromatic carbocycles. The van der Waals surface area contributed by atoms with Crippen molar-refractivity contribution >= 4 is 72.0 Å². The fourth-order valence-corrected chi connectivity index (χ4v) is 0. The van der Waals surface area contributed by atoms with Gasteiger partial charge in [0.1, 0.15) is 4.84 Å². The van der Waals surface area contributed by atoms with Gasteiger partial charge in [-0.2, -0.15) is 0 Å². The van der Waals surface area contributed by atoms with Crippen molar-refractivity contribution in [3.8, 4) is 0 Å². The van der Waals surface area contributed by atoms with E-state index in [0.29, 0.717) is 5.88 Å². The van der Waals surface area contributed by atoms with E-state index in [1.165, 1.54) is 0 Å². The van der Waals surface area contributed by atoms with Crippen LogP contribution >= 0.6 is 72.0 Å². The van der Waals surface area contributed by atoms with Crippen molar-refractivity contribution in [2.24, 2.45) is 0 Å². The van der Waals surface area contributed by atoms with E-state index in [4.69, 9.17) is 34.8 Å². The molecule has 56 valence electrons. The highest BCUT2D eigenvalue weighted by molar-refractivity contribution is 6.47. The summed E-state index contributed by atoms with van der Waals surface area (Å²) < 4.78 is 0. The topological polar surface area (TPSA) is 0 Å². The first-order valence-corrected chi connectivity index (χ1v) is 2.52. The van der Waals surface area contributed by atoms with E-state index in [-0.39, 0.29) is 37.2 Å². The van der Waals surface area contributed by atoms with E-state index in [1.807, 2.05) is 0 Å². The minimum Gasteiger partial charge on any atom is -0.147 e. The zero-order chi connectivity index (χ0) is 4.28. The first kappa shape index (κ1) is 22.6. The minimum atomic E-state index is -0.406. The van der Waals surface area contributed by atoms with E-state index in [9.17, 15) is 0 Å². The van der Waals surface area contributed by atoms with Crippen LogP contribution in [0.2, 0.25) is 0 Å². The summed E-state index contributed by atoms with van der Waals surface area (Å²) in [5.74, 6) is 0.309. The molecule has 0 bridgehead atoms. The summed E-state index contributed by atoms with van der Waals surface area (Å²) in [6.45, 7) is 0. The van der Waals surface area contributed by atoms with Gasteiger partial charge >= 0.3 is 0 Å². The van der Waals surface area contributed by atoms with E-state index in [0.717, 1.165) is 0 Å². The lowest BCUT2D eigenvalue weighted by molar-refractivity contribution is 1.40. The molecule has 0 unspecified atom stereocenters. The fourth-order valence-electron chi connectivity index (χ4n) is 0. The van der Waals surface area contributed by atoms with E-state index >= 15 is 0 Å². The third-order valence-electron chi connectivity index (χ3n) is 0.117. The van der Waals surface area contributed by atoms with Crippen LogP contribution in [0.1, 0.15) is 0 Å². The maximum absolute atomic E-state index is 5.10. The Morgan fingerprint density at radius 3 is 1.12 bits per heavy atom. The molecule has 0 aliphatic rings. The van der Waals surface area contributed by atoms with Crippen LogP contribution < -0.4 is 0 Å². The van der Waals surface area contributed by atoms with Crippen LogP contribution in [0.25, 0.3) is 0 Å². The quantitative estimate of drug-likeness (QED) is 0.619. The Kier molecular flexibility index (Phi) is 44.9. The Bertz CT molecular complexity index is 20.5. The second kappa shape index (κ2) is 15.9. The van der Waals surface area contributed by atoms with Gasteiger partial charge in [0.15, 0.2) is 0 Å². The molecule has 0 N–H and O–H groups in total. The Morgan fingerprint density at radius 1 is 1.00 bits per heavy atom. The Balaban J connectivity index is -0.0000000267. The largest absolute Gasteiger partial charge is 0.147 e. The van der Waals surface area contributed by atoms with Crippen LogP contribution in [0.15, 0.2) is 0 Å². The van der Waals surface area contributed by atoms with Gasteiger partial charge in [-0.25, -0.2) is 0 Å². The van der Waals surface area contributed by atoms with Gasteiger partial charge in [-0.15, -0.1) is 72.0 Å². The second-order valence-corrected chi connectivity index (χ2v) is 2.13. The van der Waals surface area contributed by atoms with E-state index in [2.05, 4.69) is 0 Å². The van der Waals surface area contributed by atoms with Gasteiger partial charge in [0.2, 0.25) is 0 Å². The molecule has 0 radical (unpaired) electrons. The van der Waals surface area contributed by atoms with Crippen molar-refractivity contribution in [2.45, 2.75) is 4.84 Å². The van der Waals surface area contributed by atoms with Gasteiger partial charge in [0, 0.05) is 0 Å². The van der Waals surface area contributed by atoms with Gasteiger partial charge in [-0.3, -0.25) is 0 Å². The second-order valence-electron chi connectivity index (χ2n) is 0.545. The van der Waals surface area contributed by atoms with Crippen molar-refractivity contribution in [1.82, 2.24) is 0 Å². The molecule has 0 atom stereocenters. The smallest absolute Gasteiger partial charge is 0.121 e. The molecule has 8 heavy (non-hydrogen) atoms. The SMILES string of the molecule is Cl.Cl.Cl.ClCC(Cl)Cl. The lowest BCUT2D eigenvalue weighted by atomic mass is 10.9. The van der Waals surface area contributed by atoms with Gasteiger partial charge in [0.25, 0.3) is 0 Å². The molecule has 6 heteroatoms. The molecule has 0 aliphatic carbocycles. The van der Waals surface area contributed by atoms with Crippen LogP contribution in [0, 0.1) is 0 Å². The lowest BCUT2D eigenvalue weighted by Crippen LogP contribution is -1.82. The molecule has 0 aromatic rings. The van der Waals surface area contributed by atoms with Gasteiger partial charge < -0.3 is 0 Å². The van der Waals surface area contributed by atoms with Crippen molar-refractivity contribution in [1.29, 1.82) is 0 Å². The highest BCUT2D eigenvalue weighted by Gasteiger charge is 1.88. The van der Waals surface area contributed by atoms with Gasteiger partial charge in [-0.1, -0.05) is 0 Å². The summed E-state index contributed by atoms with van der Waals surface area (Å²) in [4.78, 5) is -0.406. The molecule has 0 aromatic heterocycles. The normalized spacial score (nSPS) is 6.00. The van der Waals surface area contributed by atoms with Crippen molar-refractivity contribution < 1.29 is 0 Å². The van der Waals surface area contributed by atoms with Crippen molar-refractivity contribution in [3.63, 3.8) is 0 Å². The maximum atomic E-state index is 5.10. The molecule has 0 saturated heterocycles. The third kappa shape index (κ3) is 25.1. The average Bonchev–Trinajstić information content (AvgIpc) is 1.38. The third-order valence-corrected chi connectivity index (χ3v) is 1.05. The summed E-state index contributed by atoms with van der Waals surface area (Å²) in [6, 6.07) is 0. The van der Waals surface area contributed by atoms with Crippen molar-refractivity contribution in [2.75, 3.05) is 5.88 Å². The molecule has 0 rings (SSSR count). The summed E-state index contributed by atoms with van der Waals surface area (Å²) in [6.07, 6.45) is 0. The number of rotatable bonds is 1. The van der Waals surface area contributed by atoms with Crippen LogP contribution in [0.4, 0.5) is 0 Å². The zero-order valence-corrected chi connectivity index (χ0v) is 8.36. The monoisotopic (exact) mass is 240 g/mol. The number of halogens is 6. The highest BCUT2D eigenvalue weighted by atomic mass is 35.5. The average molecular weight is 243 g/mol. The van der Waals surface area contributed by atoms with Crippen LogP contribution in [0.5, 0.6) is 0 Å². The highest BCUT2D eigenvalue weighted by Crippen LogP contribution is 2.01. The minimum absolute atomic E-state index is 0. The number of hydrogen-bond acceptors (Lipinski definition) is 0. The van der Waals surface area contributed by atoms with Crippen LogP contribution in [-0.4, -0.2) is 10.7 Å². The van der Waals surface area contributed by atoms with Crippen LogP contribution in [-0.2, 0) is 0 Å². The standard InChI is InChI=1S/C2H3Cl3.3ClH/c3-1-2(4)5;;;/h2H,1H2;3*1H. The Hall–Kier alpha value is 1.74. The molecule has 0 nitrogen and oxygen atoms in total. The molecular weight excluding hydrogens is 237 g/mol. The first-order chi connectivity index (χ1) is 2.27. The van der Waals surface area contributed by atoms with Crippen molar-refractivity contribution in [3.05, 3.63) is 0 Å². The van der Waals surface area contributed by atoms with Gasteiger partial charge in [0.05, 0.1) is 5.88 Å². The molecule has 0 saturated carbocycles. The predicted octanol–water partition coefficient (Wildman–Crippen LogP) is 3.29. The van der Waals surface area contributed by atoms with E-state index < -0.39 is 4.84 Å². The maximum Gasteiger partial charge on any atom is 0.121 e. The number of alkyl halides is 3. The zero-order valence-electron chi connectivity index (χ0n) is 3.64. The first-order valence-electron chi connectivity index (χ1n) is 1.11. The Labute approximate surface area is 82.5 Å².